The Morgan fingerprint density at radius 1 is 1.11 bits per heavy atom. The molecule has 2 aromatic carbocycles. The number of hydrogen-bond donors (Lipinski definition) is 1. The molecule has 1 aliphatic carbocycles. The predicted molar refractivity (Wildman–Crippen MR) is 147 cm³/mol. The van der Waals surface area contributed by atoms with Crippen LogP contribution in [0.25, 0.3) is 0 Å². The molecular formula is C27H36BrN3O4S. The molecular weight excluding hydrogens is 542 g/mol. The molecule has 9 heteroatoms. The molecule has 0 aromatic heterocycles. The molecule has 36 heavy (non-hydrogen) atoms. The van der Waals surface area contributed by atoms with Crippen LogP contribution in [0.1, 0.15) is 56.6 Å². The summed E-state index contributed by atoms with van der Waals surface area (Å²) in [6.45, 7) is 4.18. The molecule has 0 bridgehead atoms. The first kappa shape index (κ1) is 28.2. The highest BCUT2D eigenvalue weighted by molar-refractivity contribution is 9.10. The van der Waals surface area contributed by atoms with E-state index in [9.17, 15) is 18.0 Å². The van der Waals surface area contributed by atoms with Gasteiger partial charge in [-0.05, 0) is 62.9 Å². The van der Waals surface area contributed by atoms with Gasteiger partial charge in [-0.3, -0.25) is 13.9 Å². The van der Waals surface area contributed by atoms with Crippen molar-refractivity contribution in [1.82, 2.24) is 10.2 Å². The number of anilines is 1. The van der Waals surface area contributed by atoms with Crippen LogP contribution in [0.4, 0.5) is 5.69 Å². The molecule has 1 saturated carbocycles. The molecule has 1 N–H and O–H groups in total. The predicted octanol–water partition coefficient (Wildman–Crippen LogP) is 4.78. The number of nitrogens with zero attached hydrogens (tertiary/aromatic N) is 2. The minimum absolute atomic E-state index is 0.132. The lowest BCUT2D eigenvalue weighted by Gasteiger charge is -2.30. The molecule has 196 valence electrons. The van der Waals surface area contributed by atoms with Gasteiger partial charge < -0.3 is 10.2 Å². The minimum Gasteiger partial charge on any atom is -0.352 e. The number of carbonyl (C=O) groups is 2. The average molecular weight is 579 g/mol. The first-order chi connectivity index (χ1) is 17.0. The molecule has 1 fully saturated rings. The van der Waals surface area contributed by atoms with Crippen LogP contribution in [0.2, 0.25) is 0 Å². The van der Waals surface area contributed by atoms with Crippen LogP contribution < -0.4 is 9.62 Å². The van der Waals surface area contributed by atoms with Gasteiger partial charge in [0.05, 0.1) is 11.9 Å². The number of amides is 2. The summed E-state index contributed by atoms with van der Waals surface area (Å²) in [5, 5.41) is 3.10. The van der Waals surface area contributed by atoms with Crippen molar-refractivity contribution in [2.75, 3.05) is 17.1 Å². The highest BCUT2D eigenvalue weighted by atomic mass is 79.9. The monoisotopic (exact) mass is 577 g/mol. The summed E-state index contributed by atoms with van der Waals surface area (Å²) in [5.74, 6) is -0.330. The quantitative estimate of drug-likeness (QED) is 0.416. The molecule has 0 aliphatic heterocycles. The zero-order valence-electron chi connectivity index (χ0n) is 21.2. The second-order valence-corrected chi connectivity index (χ2v) is 12.4. The molecule has 0 heterocycles. The van der Waals surface area contributed by atoms with Crippen molar-refractivity contribution in [3.05, 3.63) is 64.1 Å². The van der Waals surface area contributed by atoms with Gasteiger partial charge in [0.1, 0.15) is 6.04 Å². The van der Waals surface area contributed by atoms with E-state index in [2.05, 4.69) is 21.2 Å². The summed E-state index contributed by atoms with van der Waals surface area (Å²) >= 11 is 3.47. The smallest absolute Gasteiger partial charge is 0.242 e. The van der Waals surface area contributed by atoms with E-state index in [1.807, 2.05) is 43.3 Å². The Bertz CT molecular complexity index is 1150. The van der Waals surface area contributed by atoms with Gasteiger partial charge in [-0.25, -0.2) is 8.42 Å². The van der Waals surface area contributed by atoms with E-state index in [1.165, 1.54) is 10.6 Å². The molecule has 3 rings (SSSR count). The van der Waals surface area contributed by atoms with Crippen LogP contribution >= 0.6 is 15.9 Å². The lowest BCUT2D eigenvalue weighted by Crippen LogP contribution is -2.49. The van der Waals surface area contributed by atoms with Crippen molar-refractivity contribution in [2.45, 2.75) is 71.0 Å². The molecule has 2 amide bonds. The van der Waals surface area contributed by atoms with E-state index in [4.69, 9.17) is 0 Å². The molecule has 0 spiro atoms. The Morgan fingerprint density at radius 2 is 1.78 bits per heavy atom. The maximum Gasteiger partial charge on any atom is 0.242 e. The number of rotatable bonds is 11. The normalized spacial score (nSPS) is 14.9. The summed E-state index contributed by atoms with van der Waals surface area (Å²) in [6.07, 6.45) is 5.80. The first-order valence-corrected chi connectivity index (χ1v) is 15.1. The molecule has 0 radical (unpaired) electrons. The fourth-order valence-electron chi connectivity index (χ4n) is 4.52. The second kappa shape index (κ2) is 12.7. The van der Waals surface area contributed by atoms with Crippen LogP contribution in [0.3, 0.4) is 0 Å². The summed E-state index contributed by atoms with van der Waals surface area (Å²) in [6, 6.07) is 14.5. The van der Waals surface area contributed by atoms with Gasteiger partial charge in [-0.15, -0.1) is 0 Å². The third-order valence-electron chi connectivity index (χ3n) is 6.58. The highest BCUT2D eigenvalue weighted by Gasteiger charge is 2.28. The first-order valence-electron chi connectivity index (χ1n) is 12.4. The number of nitrogens with one attached hydrogen (secondary N) is 1. The Labute approximate surface area is 223 Å². The summed E-state index contributed by atoms with van der Waals surface area (Å²) < 4.78 is 27.1. The maximum absolute atomic E-state index is 13.4. The third kappa shape index (κ3) is 8.06. The van der Waals surface area contributed by atoms with Gasteiger partial charge >= 0.3 is 0 Å². The van der Waals surface area contributed by atoms with Crippen LogP contribution in [0, 0.1) is 6.92 Å². The maximum atomic E-state index is 13.4. The van der Waals surface area contributed by atoms with Gasteiger partial charge in [0.2, 0.25) is 21.8 Å². The van der Waals surface area contributed by atoms with Crippen molar-refractivity contribution in [3.63, 3.8) is 0 Å². The van der Waals surface area contributed by atoms with E-state index >= 15 is 0 Å². The fraction of sp³-hybridized carbons (Fsp3) is 0.481. The van der Waals surface area contributed by atoms with Crippen LogP contribution in [0.15, 0.2) is 53.0 Å². The van der Waals surface area contributed by atoms with Crippen molar-refractivity contribution >= 4 is 43.5 Å². The summed E-state index contributed by atoms with van der Waals surface area (Å²) in [4.78, 5) is 28.0. The van der Waals surface area contributed by atoms with E-state index in [0.717, 1.165) is 41.3 Å². The molecule has 7 nitrogen and oxygen atoms in total. The molecule has 0 unspecified atom stereocenters. The fourth-order valence-corrected chi connectivity index (χ4v) is 5.93. The minimum atomic E-state index is -3.51. The topological polar surface area (TPSA) is 86.8 Å². The zero-order chi connectivity index (χ0) is 26.3. The standard InChI is InChI=1S/C27H36BrN3O4S/c1-20-13-15-25(16-14-20)31(36(3,34)35)17-7-12-26(32)30(19-22-8-6-9-23(28)18-22)21(2)27(33)29-24-10-4-5-11-24/h6,8-9,13-16,18,21,24H,4-5,7,10-12,17,19H2,1-3H3,(H,29,33)/t21-/m0/s1. The lowest BCUT2D eigenvalue weighted by molar-refractivity contribution is -0.141. The number of halogens is 1. The highest BCUT2D eigenvalue weighted by Crippen LogP contribution is 2.21. The van der Waals surface area contributed by atoms with Gasteiger partial charge in [0.25, 0.3) is 0 Å². The molecule has 0 saturated heterocycles. The molecule has 2 aromatic rings. The molecule has 1 atom stereocenters. The van der Waals surface area contributed by atoms with Crippen LogP contribution in [-0.2, 0) is 26.2 Å². The Balaban J connectivity index is 1.71. The largest absolute Gasteiger partial charge is 0.352 e. The Hall–Kier alpha value is -2.39. The van der Waals surface area contributed by atoms with E-state index in [-0.39, 0.29) is 30.8 Å². The lowest BCUT2D eigenvalue weighted by atomic mass is 10.1. The van der Waals surface area contributed by atoms with Crippen LogP contribution in [-0.4, -0.2) is 50.0 Å². The van der Waals surface area contributed by atoms with Crippen molar-refractivity contribution in [3.8, 4) is 0 Å². The number of aryl methyl sites for hydroxylation is 1. The summed E-state index contributed by atoms with van der Waals surface area (Å²) in [5.41, 5.74) is 2.52. The SMILES string of the molecule is Cc1ccc(N(CCCC(=O)N(Cc2cccc(Br)c2)[C@@H](C)C(=O)NC2CCCC2)S(C)(=O)=O)cc1. The number of benzene rings is 2. The number of sulfonamides is 1. The second-order valence-electron chi connectivity index (χ2n) is 9.59. The van der Waals surface area contributed by atoms with Gasteiger partial charge in [-0.1, -0.05) is 58.6 Å². The van der Waals surface area contributed by atoms with Crippen molar-refractivity contribution in [2.24, 2.45) is 0 Å². The third-order valence-corrected chi connectivity index (χ3v) is 8.27. The number of hydrogen-bond acceptors (Lipinski definition) is 4. The Kier molecular flexibility index (Phi) is 9.96. The van der Waals surface area contributed by atoms with Crippen molar-refractivity contribution in [1.29, 1.82) is 0 Å². The van der Waals surface area contributed by atoms with Crippen molar-refractivity contribution < 1.29 is 18.0 Å². The van der Waals surface area contributed by atoms with Gasteiger partial charge in [0, 0.05) is 30.0 Å². The van der Waals surface area contributed by atoms with Gasteiger partial charge in [-0.2, -0.15) is 0 Å². The Morgan fingerprint density at radius 3 is 2.39 bits per heavy atom. The van der Waals surface area contributed by atoms with Gasteiger partial charge in [0.15, 0.2) is 0 Å². The van der Waals surface area contributed by atoms with E-state index in [1.54, 1.807) is 24.0 Å². The van der Waals surface area contributed by atoms with E-state index in [0.29, 0.717) is 18.7 Å². The summed E-state index contributed by atoms with van der Waals surface area (Å²) in [7, 11) is -3.51. The molecule has 1 aliphatic rings. The van der Waals surface area contributed by atoms with Crippen LogP contribution in [0.5, 0.6) is 0 Å². The van der Waals surface area contributed by atoms with E-state index < -0.39 is 16.1 Å². The number of carbonyl (C=O) groups excluding carboxylic acids is 2. The average Bonchev–Trinajstić information content (AvgIpc) is 3.33. The zero-order valence-corrected chi connectivity index (χ0v) is 23.6.